The van der Waals surface area contributed by atoms with Crippen LogP contribution in [-0.2, 0) is 32.7 Å². The lowest BCUT2D eigenvalue weighted by Gasteiger charge is -2.28. The molecule has 0 aromatic carbocycles. The molecular formula is C54H92NO8P. The quantitative estimate of drug-likeness (QED) is 0.0195. The zero-order chi connectivity index (χ0) is 47.1. The Balaban J connectivity index is 4.42. The summed E-state index contributed by atoms with van der Waals surface area (Å²) in [6.07, 6.45) is 60.1. The van der Waals surface area contributed by atoms with Gasteiger partial charge in [-0.25, -0.2) is 0 Å². The number of carbonyl (C=O) groups is 2. The number of unbranched alkanes of at least 4 members (excludes halogenated alkanes) is 14. The summed E-state index contributed by atoms with van der Waals surface area (Å²) in [6.45, 7) is 4.03. The van der Waals surface area contributed by atoms with Crippen LogP contribution in [0.1, 0.15) is 181 Å². The van der Waals surface area contributed by atoms with Crippen LogP contribution in [0.25, 0.3) is 0 Å². The molecule has 2 unspecified atom stereocenters. The molecule has 0 bridgehead atoms. The smallest absolute Gasteiger partial charge is 0.306 e. The number of ether oxygens (including phenoxy) is 2. The van der Waals surface area contributed by atoms with Crippen molar-refractivity contribution in [2.75, 3.05) is 47.5 Å². The summed E-state index contributed by atoms with van der Waals surface area (Å²) in [6, 6.07) is 0. The fraction of sp³-hybridized carbons (Fsp3) is 0.667. The van der Waals surface area contributed by atoms with Crippen molar-refractivity contribution in [1.29, 1.82) is 0 Å². The molecule has 0 fully saturated rings. The van der Waals surface area contributed by atoms with Gasteiger partial charge in [-0.1, -0.05) is 175 Å². The van der Waals surface area contributed by atoms with Gasteiger partial charge in [-0.2, -0.15) is 0 Å². The summed E-state index contributed by atoms with van der Waals surface area (Å²) < 4.78 is 33.9. The number of rotatable bonds is 44. The maximum absolute atomic E-state index is 12.7. The van der Waals surface area contributed by atoms with Crippen molar-refractivity contribution >= 4 is 19.8 Å². The molecule has 0 aromatic heterocycles. The van der Waals surface area contributed by atoms with Crippen LogP contribution in [-0.4, -0.2) is 70.0 Å². The van der Waals surface area contributed by atoms with Crippen molar-refractivity contribution in [2.45, 2.75) is 187 Å². The average Bonchev–Trinajstić information content (AvgIpc) is 3.25. The first-order valence-electron chi connectivity index (χ1n) is 24.9. The summed E-state index contributed by atoms with van der Waals surface area (Å²) in [5.41, 5.74) is 0. The second-order valence-corrected chi connectivity index (χ2v) is 18.9. The van der Waals surface area contributed by atoms with E-state index in [1.165, 1.54) is 64.2 Å². The van der Waals surface area contributed by atoms with E-state index in [0.717, 1.165) is 70.6 Å². The Morgan fingerprint density at radius 2 is 0.906 bits per heavy atom. The van der Waals surface area contributed by atoms with Gasteiger partial charge in [-0.15, -0.1) is 0 Å². The Morgan fingerprint density at radius 1 is 0.500 bits per heavy atom. The Hall–Kier alpha value is -3.07. The Bertz CT molecular complexity index is 1400. The van der Waals surface area contributed by atoms with Gasteiger partial charge in [0.15, 0.2) is 6.10 Å². The molecule has 0 amide bonds. The monoisotopic (exact) mass is 914 g/mol. The second kappa shape index (κ2) is 45.1. The van der Waals surface area contributed by atoms with E-state index < -0.39 is 32.5 Å². The van der Waals surface area contributed by atoms with Crippen molar-refractivity contribution in [1.82, 2.24) is 0 Å². The van der Waals surface area contributed by atoms with Gasteiger partial charge in [-0.3, -0.25) is 14.2 Å². The number of likely N-dealkylation sites (N-methyl/N-ethyl adjacent to an activating group) is 1. The zero-order valence-corrected chi connectivity index (χ0v) is 42.1. The van der Waals surface area contributed by atoms with Gasteiger partial charge in [0, 0.05) is 12.8 Å². The van der Waals surface area contributed by atoms with Crippen molar-refractivity contribution in [3.05, 3.63) is 97.2 Å². The molecule has 0 N–H and O–H groups in total. The molecule has 64 heavy (non-hydrogen) atoms. The largest absolute Gasteiger partial charge is 0.756 e. The fourth-order valence-electron chi connectivity index (χ4n) is 6.23. The van der Waals surface area contributed by atoms with E-state index in [-0.39, 0.29) is 26.1 Å². The van der Waals surface area contributed by atoms with Crippen molar-refractivity contribution in [3.8, 4) is 0 Å². The predicted molar refractivity (Wildman–Crippen MR) is 268 cm³/mol. The molecule has 0 heterocycles. The van der Waals surface area contributed by atoms with E-state index in [1.54, 1.807) is 0 Å². The Kier molecular flexibility index (Phi) is 42.9. The van der Waals surface area contributed by atoms with E-state index in [4.69, 9.17) is 18.5 Å². The van der Waals surface area contributed by atoms with E-state index in [0.29, 0.717) is 30.3 Å². The molecular weight excluding hydrogens is 822 g/mol. The number of quaternary nitrogens is 1. The second-order valence-electron chi connectivity index (χ2n) is 17.4. The van der Waals surface area contributed by atoms with Gasteiger partial charge in [0.25, 0.3) is 7.82 Å². The van der Waals surface area contributed by atoms with Crippen LogP contribution in [0.5, 0.6) is 0 Å². The summed E-state index contributed by atoms with van der Waals surface area (Å²) in [5.74, 6) is -0.916. The molecule has 10 heteroatoms. The van der Waals surface area contributed by atoms with Crippen molar-refractivity contribution < 1.29 is 42.1 Å². The molecule has 0 saturated carbocycles. The van der Waals surface area contributed by atoms with Gasteiger partial charge in [0.05, 0.1) is 27.7 Å². The predicted octanol–water partition coefficient (Wildman–Crippen LogP) is 14.3. The first-order chi connectivity index (χ1) is 31.0. The lowest BCUT2D eigenvalue weighted by molar-refractivity contribution is -0.870. The minimum atomic E-state index is -4.65. The summed E-state index contributed by atoms with van der Waals surface area (Å²) in [7, 11) is 1.11. The molecule has 0 aliphatic carbocycles. The summed E-state index contributed by atoms with van der Waals surface area (Å²) in [4.78, 5) is 37.7. The van der Waals surface area contributed by atoms with E-state index in [2.05, 4.69) is 105 Å². The molecule has 0 radical (unpaired) electrons. The fourth-order valence-corrected chi connectivity index (χ4v) is 6.95. The molecule has 0 aliphatic heterocycles. The van der Waals surface area contributed by atoms with E-state index >= 15 is 0 Å². The molecule has 9 nitrogen and oxygen atoms in total. The molecule has 0 aliphatic rings. The Morgan fingerprint density at radius 3 is 1.39 bits per heavy atom. The minimum Gasteiger partial charge on any atom is -0.756 e. The van der Waals surface area contributed by atoms with Gasteiger partial charge < -0.3 is 27.9 Å². The highest BCUT2D eigenvalue weighted by molar-refractivity contribution is 7.45. The number of hydrogen-bond acceptors (Lipinski definition) is 8. The van der Waals surface area contributed by atoms with Crippen LogP contribution in [0.3, 0.4) is 0 Å². The number of hydrogen-bond donors (Lipinski definition) is 0. The van der Waals surface area contributed by atoms with Gasteiger partial charge >= 0.3 is 11.9 Å². The molecule has 0 rings (SSSR count). The SMILES string of the molecule is CC/C=C\C/C=C\C/C=C\C/C=C\C/C=C\C/C=C\C/C=C\CCCC(=O)OC(COC(=O)CCCCCCCCC/C=C\CCCCCCCC)COP(=O)([O-])OCC[N+](C)(C)C. The highest BCUT2D eigenvalue weighted by atomic mass is 31.2. The highest BCUT2D eigenvalue weighted by Crippen LogP contribution is 2.38. The maximum Gasteiger partial charge on any atom is 0.306 e. The van der Waals surface area contributed by atoms with Crippen LogP contribution in [0.2, 0.25) is 0 Å². The number of nitrogens with zero attached hydrogens (tertiary/aromatic N) is 1. The number of phosphoric acid groups is 1. The third kappa shape index (κ3) is 48.4. The molecule has 0 spiro atoms. The normalized spacial score (nSPS) is 14.3. The van der Waals surface area contributed by atoms with Crippen LogP contribution in [0.15, 0.2) is 97.2 Å². The third-order valence-electron chi connectivity index (χ3n) is 10.1. The zero-order valence-electron chi connectivity index (χ0n) is 41.2. The Labute approximate surface area is 392 Å². The first-order valence-corrected chi connectivity index (χ1v) is 26.4. The topological polar surface area (TPSA) is 111 Å². The lowest BCUT2D eigenvalue weighted by atomic mass is 10.1. The van der Waals surface area contributed by atoms with Gasteiger partial charge in [0.1, 0.15) is 19.8 Å². The number of allylic oxidation sites excluding steroid dienone is 16. The number of esters is 2. The van der Waals surface area contributed by atoms with Crippen LogP contribution >= 0.6 is 7.82 Å². The highest BCUT2D eigenvalue weighted by Gasteiger charge is 2.21. The molecule has 0 aromatic rings. The summed E-state index contributed by atoms with van der Waals surface area (Å²) >= 11 is 0. The van der Waals surface area contributed by atoms with Crippen LogP contribution < -0.4 is 4.89 Å². The van der Waals surface area contributed by atoms with Crippen molar-refractivity contribution in [2.24, 2.45) is 0 Å². The minimum absolute atomic E-state index is 0.0476. The van der Waals surface area contributed by atoms with Crippen molar-refractivity contribution in [3.63, 3.8) is 0 Å². The number of phosphoric ester groups is 1. The third-order valence-corrected chi connectivity index (χ3v) is 11.1. The molecule has 2 atom stereocenters. The molecule has 366 valence electrons. The standard InChI is InChI=1S/C54H92NO8P/c1-6-8-10-12-14-16-18-20-22-24-25-26-27-28-29-31-33-35-37-39-41-43-45-47-54(57)63-52(51-62-64(58,59)61-49-48-55(3,4)5)50-60-53(56)46-44-42-40-38-36-34-32-30-23-21-19-17-15-13-11-9-7-2/h8,10,14,16,20-23,25-26,28-29,33,35,39,41,52H,6-7,9,11-13,15,17-19,24,27,30-32,34,36-38,40,42-51H2,1-5H3/b10-8-,16-14-,22-20-,23-21-,26-25-,29-28-,35-33-,41-39-. The summed E-state index contributed by atoms with van der Waals surface area (Å²) in [5, 5.41) is 0. The number of carbonyl (C=O) groups excluding carboxylic acids is 2. The van der Waals surface area contributed by atoms with E-state index in [9.17, 15) is 19.0 Å². The average molecular weight is 914 g/mol. The first kappa shape index (κ1) is 60.9. The maximum atomic E-state index is 12.7. The van der Waals surface area contributed by atoms with Gasteiger partial charge in [0.2, 0.25) is 0 Å². The van der Waals surface area contributed by atoms with E-state index in [1.807, 2.05) is 27.2 Å². The van der Waals surface area contributed by atoms with Crippen LogP contribution in [0.4, 0.5) is 0 Å². The molecule has 0 saturated heterocycles. The van der Waals surface area contributed by atoms with Crippen LogP contribution in [0, 0.1) is 0 Å². The lowest BCUT2D eigenvalue weighted by Crippen LogP contribution is -2.37. The van der Waals surface area contributed by atoms with Gasteiger partial charge in [-0.05, 0) is 89.9 Å².